The molecule has 0 fully saturated rings. The minimum absolute atomic E-state index is 0.526. The molecule has 78 valence electrons. The maximum atomic E-state index is 5.23. The van der Waals surface area contributed by atoms with Crippen LogP contribution in [-0.2, 0) is 11.3 Å². The zero-order valence-corrected chi connectivity index (χ0v) is 9.93. The van der Waals surface area contributed by atoms with Crippen LogP contribution in [0.2, 0.25) is 0 Å². The quantitative estimate of drug-likeness (QED) is 0.844. The Hall–Kier alpha value is -0.580. The van der Waals surface area contributed by atoms with Gasteiger partial charge in [-0.1, -0.05) is 6.07 Å². The number of halogens is 1. The van der Waals surface area contributed by atoms with Crippen molar-refractivity contribution in [1.29, 1.82) is 0 Å². The van der Waals surface area contributed by atoms with Crippen molar-refractivity contribution < 1.29 is 9.57 Å². The Morgan fingerprint density at radius 1 is 1.43 bits per heavy atom. The molecule has 0 aromatic heterocycles. The van der Waals surface area contributed by atoms with Gasteiger partial charge in [0.1, 0.15) is 5.75 Å². The summed E-state index contributed by atoms with van der Waals surface area (Å²) in [6.07, 6.45) is 0.805. The SMILES string of the molecule is COc1c(C)cc(CCON)cc1Br. The Morgan fingerprint density at radius 3 is 2.64 bits per heavy atom. The zero-order chi connectivity index (χ0) is 10.6. The lowest BCUT2D eigenvalue weighted by molar-refractivity contribution is 0.141. The van der Waals surface area contributed by atoms with E-state index in [1.165, 1.54) is 5.56 Å². The Labute approximate surface area is 92.3 Å². The molecule has 0 radical (unpaired) electrons. The molecule has 0 spiro atoms. The molecule has 0 atom stereocenters. The van der Waals surface area contributed by atoms with Crippen molar-refractivity contribution in [2.24, 2.45) is 5.90 Å². The monoisotopic (exact) mass is 259 g/mol. The molecule has 0 unspecified atom stereocenters. The number of hydrogen-bond donors (Lipinski definition) is 1. The van der Waals surface area contributed by atoms with E-state index in [1.807, 2.05) is 13.0 Å². The summed E-state index contributed by atoms with van der Waals surface area (Å²) in [5.41, 5.74) is 2.29. The highest BCUT2D eigenvalue weighted by atomic mass is 79.9. The molecule has 0 saturated heterocycles. The molecule has 2 N–H and O–H groups in total. The van der Waals surface area contributed by atoms with E-state index in [0.29, 0.717) is 6.61 Å². The first-order chi connectivity index (χ1) is 6.69. The smallest absolute Gasteiger partial charge is 0.135 e. The van der Waals surface area contributed by atoms with E-state index in [-0.39, 0.29) is 0 Å². The van der Waals surface area contributed by atoms with E-state index in [1.54, 1.807) is 7.11 Å². The summed E-state index contributed by atoms with van der Waals surface area (Å²) in [5, 5.41) is 0. The molecule has 0 heterocycles. The molecule has 1 rings (SSSR count). The summed E-state index contributed by atoms with van der Waals surface area (Å²) < 4.78 is 6.20. The Bertz CT molecular complexity index is 292. The van der Waals surface area contributed by atoms with Gasteiger partial charge in [0.05, 0.1) is 18.2 Å². The highest BCUT2D eigenvalue weighted by Crippen LogP contribution is 2.29. The number of nitrogens with two attached hydrogens (primary N) is 1. The van der Waals surface area contributed by atoms with Gasteiger partial charge in [-0.3, -0.25) is 0 Å². The number of aryl methyl sites for hydroxylation is 1. The van der Waals surface area contributed by atoms with E-state index >= 15 is 0 Å². The van der Waals surface area contributed by atoms with Gasteiger partial charge in [-0.05, 0) is 46.5 Å². The van der Waals surface area contributed by atoms with Crippen LogP contribution in [0.4, 0.5) is 0 Å². The highest BCUT2D eigenvalue weighted by molar-refractivity contribution is 9.10. The number of benzene rings is 1. The number of methoxy groups -OCH3 is 1. The maximum Gasteiger partial charge on any atom is 0.135 e. The van der Waals surface area contributed by atoms with Crippen LogP contribution in [0.3, 0.4) is 0 Å². The van der Waals surface area contributed by atoms with E-state index < -0.39 is 0 Å². The predicted molar refractivity (Wildman–Crippen MR) is 59.3 cm³/mol. The molecule has 4 heteroatoms. The molecule has 14 heavy (non-hydrogen) atoms. The topological polar surface area (TPSA) is 44.5 Å². The molecule has 0 saturated carbocycles. The van der Waals surface area contributed by atoms with E-state index in [4.69, 9.17) is 10.6 Å². The number of ether oxygens (including phenoxy) is 1. The number of rotatable bonds is 4. The van der Waals surface area contributed by atoms with Crippen LogP contribution in [0.5, 0.6) is 5.75 Å². The van der Waals surface area contributed by atoms with Crippen molar-refractivity contribution in [3.05, 3.63) is 27.7 Å². The zero-order valence-electron chi connectivity index (χ0n) is 8.34. The van der Waals surface area contributed by atoms with Crippen molar-refractivity contribution >= 4 is 15.9 Å². The van der Waals surface area contributed by atoms with Gasteiger partial charge in [0.15, 0.2) is 0 Å². The largest absolute Gasteiger partial charge is 0.495 e. The average Bonchev–Trinajstić information content (AvgIpc) is 2.14. The summed E-state index contributed by atoms with van der Waals surface area (Å²) >= 11 is 3.45. The fourth-order valence-corrected chi connectivity index (χ4v) is 2.15. The lowest BCUT2D eigenvalue weighted by atomic mass is 10.1. The standard InChI is InChI=1S/C10H14BrNO2/c1-7-5-8(3-4-14-12)6-9(11)10(7)13-2/h5-6H,3-4,12H2,1-2H3. The van der Waals surface area contributed by atoms with Gasteiger partial charge in [0.2, 0.25) is 0 Å². The third-order valence-corrected chi connectivity index (χ3v) is 2.59. The van der Waals surface area contributed by atoms with Crippen molar-refractivity contribution in [3.8, 4) is 5.75 Å². The minimum Gasteiger partial charge on any atom is -0.495 e. The van der Waals surface area contributed by atoms with Gasteiger partial charge in [0, 0.05) is 0 Å². The second-order valence-corrected chi connectivity index (χ2v) is 3.90. The second kappa shape index (κ2) is 5.34. The highest BCUT2D eigenvalue weighted by Gasteiger charge is 2.05. The first kappa shape index (κ1) is 11.5. The lowest BCUT2D eigenvalue weighted by Gasteiger charge is -2.09. The summed E-state index contributed by atoms with van der Waals surface area (Å²) in [4.78, 5) is 4.54. The van der Waals surface area contributed by atoms with E-state index in [2.05, 4.69) is 26.8 Å². The summed E-state index contributed by atoms with van der Waals surface area (Å²) in [5.74, 6) is 5.85. The maximum absolute atomic E-state index is 5.23. The molecule has 0 aliphatic heterocycles. The van der Waals surface area contributed by atoms with Gasteiger partial charge in [-0.25, -0.2) is 5.90 Å². The van der Waals surface area contributed by atoms with Crippen molar-refractivity contribution in [3.63, 3.8) is 0 Å². The van der Waals surface area contributed by atoms with Crippen LogP contribution >= 0.6 is 15.9 Å². The fraction of sp³-hybridized carbons (Fsp3) is 0.400. The second-order valence-electron chi connectivity index (χ2n) is 3.05. The first-order valence-corrected chi connectivity index (χ1v) is 5.13. The Balaban J connectivity index is 2.90. The summed E-state index contributed by atoms with van der Waals surface area (Å²) in [7, 11) is 1.66. The molecular weight excluding hydrogens is 246 g/mol. The predicted octanol–water partition coefficient (Wildman–Crippen LogP) is 2.20. The number of hydrogen-bond acceptors (Lipinski definition) is 3. The van der Waals surface area contributed by atoms with Crippen LogP contribution in [0.1, 0.15) is 11.1 Å². The Morgan fingerprint density at radius 2 is 2.14 bits per heavy atom. The van der Waals surface area contributed by atoms with Crippen LogP contribution in [0.15, 0.2) is 16.6 Å². The normalized spacial score (nSPS) is 10.3. The third-order valence-electron chi connectivity index (χ3n) is 2.00. The van der Waals surface area contributed by atoms with Crippen LogP contribution in [-0.4, -0.2) is 13.7 Å². The van der Waals surface area contributed by atoms with Crippen molar-refractivity contribution in [2.75, 3.05) is 13.7 Å². The third kappa shape index (κ3) is 2.70. The summed E-state index contributed by atoms with van der Waals surface area (Å²) in [6, 6.07) is 4.09. The lowest BCUT2D eigenvalue weighted by Crippen LogP contribution is -2.04. The summed E-state index contributed by atoms with van der Waals surface area (Å²) in [6.45, 7) is 2.54. The molecule has 0 bridgehead atoms. The van der Waals surface area contributed by atoms with Crippen LogP contribution in [0, 0.1) is 6.92 Å². The van der Waals surface area contributed by atoms with Gasteiger partial charge in [-0.2, -0.15) is 0 Å². The molecule has 0 amide bonds. The average molecular weight is 260 g/mol. The molecule has 1 aromatic rings. The van der Waals surface area contributed by atoms with Crippen LogP contribution in [0.25, 0.3) is 0 Å². The van der Waals surface area contributed by atoms with Crippen LogP contribution < -0.4 is 10.6 Å². The minimum atomic E-state index is 0.526. The molecule has 1 aromatic carbocycles. The molecular formula is C10H14BrNO2. The molecule has 3 nitrogen and oxygen atoms in total. The first-order valence-electron chi connectivity index (χ1n) is 4.33. The van der Waals surface area contributed by atoms with E-state index in [9.17, 15) is 0 Å². The van der Waals surface area contributed by atoms with Crippen molar-refractivity contribution in [2.45, 2.75) is 13.3 Å². The molecule has 0 aliphatic rings. The fourth-order valence-electron chi connectivity index (χ4n) is 1.38. The van der Waals surface area contributed by atoms with Gasteiger partial charge in [0.25, 0.3) is 0 Å². The van der Waals surface area contributed by atoms with Crippen molar-refractivity contribution in [1.82, 2.24) is 0 Å². The molecule has 0 aliphatic carbocycles. The van der Waals surface area contributed by atoms with Gasteiger partial charge >= 0.3 is 0 Å². The van der Waals surface area contributed by atoms with E-state index in [0.717, 1.165) is 22.2 Å². The van der Waals surface area contributed by atoms with Gasteiger partial charge in [-0.15, -0.1) is 0 Å². The van der Waals surface area contributed by atoms with Gasteiger partial charge < -0.3 is 9.57 Å². The Kier molecular flexibility index (Phi) is 4.38.